The molecular weight excluding hydrogens is 514 g/mol. The van der Waals surface area contributed by atoms with Gasteiger partial charge >= 0.3 is 0 Å². The van der Waals surface area contributed by atoms with Crippen LogP contribution >= 0.6 is 11.6 Å². The molecule has 0 aromatic heterocycles. The van der Waals surface area contributed by atoms with Crippen LogP contribution in [0.3, 0.4) is 0 Å². The van der Waals surface area contributed by atoms with Gasteiger partial charge in [-0.25, -0.2) is 0 Å². The molecule has 7 atom stereocenters. The number of hydrogen-bond donors (Lipinski definition) is 3. The van der Waals surface area contributed by atoms with Crippen LogP contribution in [0.15, 0.2) is 0 Å². The van der Waals surface area contributed by atoms with Crippen LogP contribution in [0.25, 0.3) is 0 Å². The average Bonchev–Trinajstić information content (AvgIpc) is 3.30. The fourth-order valence-corrected chi connectivity index (χ4v) is 7.51. The minimum Gasteiger partial charge on any atom is -0.507 e. The number of benzene rings is 1. The van der Waals surface area contributed by atoms with E-state index in [1.165, 1.54) is 4.90 Å². The number of Topliss-reactive ketones (excluding diaryl/α,β-unsaturated/α-hetero) is 4. The van der Waals surface area contributed by atoms with E-state index < -0.39 is 64.4 Å². The van der Waals surface area contributed by atoms with Crippen molar-refractivity contribution in [1.29, 1.82) is 0 Å². The summed E-state index contributed by atoms with van der Waals surface area (Å²) >= 11 is 6.84. The number of nitrogens with two attached hydrogens (primary N) is 1. The third kappa shape index (κ3) is 3.40. The second-order valence-corrected chi connectivity index (χ2v) is 11.8. The standard InChI is InChI=1S/C27H32ClN3O7/c1-5-10(2)31-8-13-14(9-31)21(32)17-12(19(13)28)6-11-7-15-20(30(3)4)23(34)18(26(29)37)25(36)27(15,38)24(35)16(11)22(17)33/h10-11,15-16,18,20,32,38H,5-9H2,1-4H3,(H2,29,37)/t10-,11-,15-,16?,18?,20-,27-/m0/s1. The van der Waals surface area contributed by atoms with Gasteiger partial charge in [-0.05, 0) is 57.3 Å². The molecule has 1 aromatic rings. The summed E-state index contributed by atoms with van der Waals surface area (Å²) in [5.74, 6) is -10.5. The molecule has 1 heterocycles. The van der Waals surface area contributed by atoms with Crippen LogP contribution in [-0.4, -0.2) is 80.8 Å². The number of nitrogens with zero attached hydrogens (tertiary/aromatic N) is 2. The molecule has 1 amide bonds. The Morgan fingerprint density at radius 2 is 1.79 bits per heavy atom. The van der Waals surface area contributed by atoms with Crippen molar-refractivity contribution in [3.05, 3.63) is 27.3 Å². The van der Waals surface area contributed by atoms with Crippen LogP contribution < -0.4 is 5.73 Å². The number of hydrogen-bond acceptors (Lipinski definition) is 9. The molecule has 204 valence electrons. The van der Waals surface area contributed by atoms with Crippen molar-refractivity contribution in [2.45, 2.75) is 63.9 Å². The molecule has 11 heteroatoms. The van der Waals surface area contributed by atoms with E-state index in [2.05, 4.69) is 18.7 Å². The second kappa shape index (κ2) is 8.94. The Morgan fingerprint density at radius 3 is 2.37 bits per heavy atom. The maximum absolute atomic E-state index is 13.9. The summed E-state index contributed by atoms with van der Waals surface area (Å²) in [4.78, 5) is 70.0. The summed E-state index contributed by atoms with van der Waals surface area (Å²) in [6.07, 6.45) is 1.04. The largest absolute Gasteiger partial charge is 0.507 e. The quantitative estimate of drug-likeness (QED) is 0.461. The summed E-state index contributed by atoms with van der Waals surface area (Å²) in [5, 5.41) is 23.3. The van der Waals surface area contributed by atoms with Gasteiger partial charge in [0.05, 0.1) is 17.5 Å². The van der Waals surface area contributed by atoms with Crippen LogP contribution in [0.1, 0.15) is 53.7 Å². The number of phenols is 1. The number of primary amides is 1. The number of phenolic OH excluding ortho intramolecular Hbond substituents is 1. The Bertz CT molecular complexity index is 1310. The molecule has 0 spiro atoms. The van der Waals surface area contributed by atoms with Crippen molar-refractivity contribution in [2.24, 2.45) is 29.4 Å². The molecule has 2 saturated carbocycles. The molecule has 1 aromatic carbocycles. The summed E-state index contributed by atoms with van der Waals surface area (Å²) in [6.45, 7) is 5.04. The number of halogens is 1. The SMILES string of the molecule is CC[C@H](C)N1Cc2c(O)c3c(c(Cl)c2C1)C[C@H]1C[C@H]2[C@H](N(C)C)C(=O)C(C(N)=O)C(=O)[C@@]2(O)C(=O)C1C3=O. The van der Waals surface area contributed by atoms with E-state index in [1.807, 2.05) is 0 Å². The first kappa shape index (κ1) is 26.9. The lowest BCUT2D eigenvalue weighted by Crippen LogP contribution is -2.74. The van der Waals surface area contributed by atoms with Gasteiger partial charge in [0.15, 0.2) is 34.7 Å². The smallest absolute Gasteiger partial charge is 0.235 e. The van der Waals surface area contributed by atoms with E-state index in [4.69, 9.17) is 17.3 Å². The zero-order valence-corrected chi connectivity index (χ0v) is 22.5. The summed E-state index contributed by atoms with van der Waals surface area (Å²) in [7, 11) is 3.10. The van der Waals surface area contributed by atoms with Crippen LogP contribution in [0, 0.1) is 23.7 Å². The van der Waals surface area contributed by atoms with E-state index in [9.17, 15) is 34.2 Å². The molecule has 4 N–H and O–H groups in total. The Labute approximate surface area is 225 Å². The molecule has 3 aliphatic carbocycles. The summed E-state index contributed by atoms with van der Waals surface area (Å²) in [5.41, 5.74) is 4.31. The molecule has 38 heavy (non-hydrogen) atoms. The first-order chi connectivity index (χ1) is 17.8. The minimum absolute atomic E-state index is 0.00291. The van der Waals surface area contributed by atoms with E-state index >= 15 is 0 Å². The molecule has 2 fully saturated rings. The number of carbonyl (C=O) groups excluding carboxylic acids is 5. The van der Waals surface area contributed by atoms with Gasteiger partial charge in [0.25, 0.3) is 0 Å². The van der Waals surface area contributed by atoms with E-state index in [0.717, 1.165) is 12.0 Å². The zero-order chi connectivity index (χ0) is 28.0. The van der Waals surface area contributed by atoms with Crippen molar-refractivity contribution in [3.63, 3.8) is 0 Å². The Morgan fingerprint density at radius 1 is 1.16 bits per heavy atom. The summed E-state index contributed by atoms with van der Waals surface area (Å²) in [6, 6.07) is -0.915. The zero-order valence-electron chi connectivity index (χ0n) is 21.8. The number of rotatable bonds is 4. The lowest BCUT2D eigenvalue weighted by Gasteiger charge is -2.52. The molecule has 4 aliphatic rings. The number of likely N-dealkylation sites (N-methyl/N-ethyl adjacent to an activating group) is 1. The maximum Gasteiger partial charge on any atom is 0.235 e. The van der Waals surface area contributed by atoms with Crippen LogP contribution in [0.2, 0.25) is 5.02 Å². The Balaban J connectivity index is 1.62. The number of ketones is 4. The monoisotopic (exact) mass is 545 g/mol. The van der Waals surface area contributed by atoms with Crippen molar-refractivity contribution in [3.8, 4) is 5.75 Å². The fourth-order valence-electron chi connectivity index (χ4n) is 7.17. The minimum atomic E-state index is -2.74. The highest BCUT2D eigenvalue weighted by Gasteiger charge is 2.69. The van der Waals surface area contributed by atoms with E-state index in [1.54, 1.807) is 14.1 Å². The predicted molar refractivity (Wildman–Crippen MR) is 135 cm³/mol. The lowest BCUT2D eigenvalue weighted by atomic mass is 9.52. The van der Waals surface area contributed by atoms with Gasteiger partial charge in [0.2, 0.25) is 5.91 Å². The van der Waals surface area contributed by atoms with Gasteiger partial charge in [-0.1, -0.05) is 18.5 Å². The first-order valence-corrected chi connectivity index (χ1v) is 13.3. The Hall–Kier alpha value is -2.66. The second-order valence-electron chi connectivity index (χ2n) is 11.4. The van der Waals surface area contributed by atoms with Crippen molar-refractivity contribution < 1.29 is 34.2 Å². The maximum atomic E-state index is 13.9. The number of fused-ring (bicyclic) bond motifs is 4. The normalized spacial score (nSPS) is 33.6. The Kier molecular flexibility index (Phi) is 6.34. The molecule has 10 nitrogen and oxygen atoms in total. The predicted octanol–water partition coefficient (Wildman–Crippen LogP) is 0.634. The highest BCUT2D eigenvalue weighted by Crippen LogP contribution is 2.53. The highest BCUT2D eigenvalue weighted by molar-refractivity contribution is 6.35. The molecule has 5 rings (SSSR count). The highest BCUT2D eigenvalue weighted by atomic mass is 35.5. The number of carbonyl (C=O) groups is 5. The van der Waals surface area contributed by atoms with Crippen LogP contribution in [0.5, 0.6) is 5.75 Å². The fraction of sp³-hybridized carbons (Fsp3) is 0.593. The molecule has 0 radical (unpaired) electrons. The van der Waals surface area contributed by atoms with Crippen molar-refractivity contribution in [2.75, 3.05) is 14.1 Å². The van der Waals surface area contributed by atoms with Crippen molar-refractivity contribution in [1.82, 2.24) is 9.80 Å². The van der Waals surface area contributed by atoms with Gasteiger partial charge < -0.3 is 15.9 Å². The van der Waals surface area contributed by atoms with Gasteiger partial charge in [-0.2, -0.15) is 0 Å². The lowest BCUT2D eigenvalue weighted by molar-refractivity contribution is -0.181. The number of amides is 1. The third-order valence-corrected chi connectivity index (χ3v) is 9.77. The molecular formula is C27H32ClN3O7. The topological polar surface area (TPSA) is 158 Å². The molecule has 1 aliphatic heterocycles. The molecule has 0 saturated heterocycles. The average molecular weight is 546 g/mol. The van der Waals surface area contributed by atoms with Gasteiger partial charge in [0.1, 0.15) is 5.75 Å². The molecule has 0 bridgehead atoms. The van der Waals surface area contributed by atoms with Crippen LogP contribution in [0.4, 0.5) is 0 Å². The van der Waals surface area contributed by atoms with E-state index in [-0.39, 0.29) is 30.2 Å². The van der Waals surface area contributed by atoms with Gasteiger partial charge in [-0.15, -0.1) is 0 Å². The third-order valence-electron chi connectivity index (χ3n) is 9.31. The van der Waals surface area contributed by atoms with Crippen LogP contribution in [-0.2, 0) is 38.7 Å². The van der Waals surface area contributed by atoms with Gasteiger partial charge in [-0.3, -0.25) is 33.8 Å². The number of aliphatic hydroxyl groups is 1. The van der Waals surface area contributed by atoms with Crippen molar-refractivity contribution >= 4 is 40.6 Å². The van der Waals surface area contributed by atoms with E-state index in [0.29, 0.717) is 29.2 Å². The van der Waals surface area contributed by atoms with Gasteiger partial charge in [0, 0.05) is 35.6 Å². The first-order valence-electron chi connectivity index (χ1n) is 12.9. The summed E-state index contributed by atoms with van der Waals surface area (Å²) < 4.78 is 0. The number of aromatic hydroxyl groups is 1. The molecule has 2 unspecified atom stereocenters.